The third-order valence-corrected chi connectivity index (χ3v) is 2.42. The molecule has 0 aromatic carbocycles. The molecule has 3 aromatic heterocycles. The molecule has 3 heterocycles. The minimum atomic E-state index is 0.293. The van der Waals surface area contributed by atoms with Crippen LogP contribution in [0.2, 0.25) is 0 Å². The summed E-state index contributed by atoms with van der Waals surface area (Å²) >= 11 is 0. The molecule has 0 saturated heterocycles. The minimum Gasteiger partial charge on any atom is -0.324 e. The fourth-order valence-corrected chi connectivity index (χ4v) is 1.58. The molecular weight excluding hydrogens is 220 g/mol. The number of hydrogen-bond acceptors (Lipinski definition) is 6. The van der Waals surface area contributed by atoms with Gasteiger partial charge in [-0.05, 0) is 6.92 Å². The summed E-state index contributed by atoms with van der Waals surface area (Å²) in [6.07, 6.45) is 5.03. The van der Waals surface area contributed by atoms with E-state index in [4.69, 9.17) is 5.73 Å². The maximum atomic E-state index is 5.47. The third kappa shape index (κ3) is 1.46. The van der Waals surface area contributed by atoms with Gasteiger partial charge in [0, 0.05) is 12.4 Å². The Kier molecular flexibility index (Phi) is 2.08. The van der Waals surface area contributed by atoms with Crippen LogP contribution >= 0.6 is 0 Å². The van der Waals surface area contributed by atoms with Crippen molar-refractivity contribution in [2.75, 3.05) is 0 Å². The van der Waals surface area contributed by atoms with Gasteiger partial charge in [0.2, 0.25) is 11.5 Å². The minimum absolute atomic E-state index is 0.293. The topological polar surface area (TPSA) is 99.8 Å². The molecular formula is C9H10N8. The second kappa shape index (κ2) is 3.59. The van der Waals surface area contributed by atoms with Crippen LogP contribution < -0.4 is 5.73 Å². The van der Waals surface area contributed by atoms with Gasteiger partial charge in [0.05, 0.1) is 6.54 Å². The fourth-order valence-electron chi connectivity index (χ4n) is 1.58. The van der Waals surface area contributed by atoms with Crippen LogP contribution in [0.4, 0.5) is 0 Å². The van der Waals surface area contributed by atoms with E-state index >= 15 is 0 Å². The van der Waals surface area contributed by atoms with Crippen LogP contribution in [0, 0.1) is 6.92 Å². The molecule has 0 aliphatic carbocycles. The maximum Gasteiger partial charge on any atom is 0.206 e. The van der Waals surface area contributed by atoms with Crippen LogP contribution in [0.15, 0.2) is 18.7 Å². The number of nitrogens with zero attached hydrogens (tertiary/aromatic N) is 7. The normalized spacial score (nSPS) is 11.2. The Hall–Kier alpha value is -2.35. The zero-order valence-electron chi connectivity index (χ0n) is 9.15. The van der Waals surface area contributed by atoms with E-state index in [1.165, 1.54) is 0 Å². The summed E-state index contributed by atoms with van der Waals surface area (Å²) in [5.74, 6) is 1.94. The lowest BCUT2D eigenvalue weighted by Crippen LogP contribution is -2.04. The van der Waals surface area contributed by atoms with Crippen molar-refractivity contribution in [1.29, 1.82) is 0 Å². The summed E-state index contributed by atoms with van der Waals surface area (Å²) in [7, 11) is 0. The summed E-state index contributed by atoms with van der Waals surface area (Å²) in [6.45, 7) is 2.16. The van der Waals surface area contributed by atoms with Gasteiger partial charge in [0.1, 0.15) is 12.2 Å². The average Bonchev–Trinajstić information content (AvgIpc) is 2.96. The Bertz CT molecular complexity index is 666. The van der Waals surface area contributed by atoms with Gasteiger partial charge in [0.25, 0.3) is 0 Å². The van der Waals surface area contributed by atoms with Gasteiger partial charge >= 0.3 is 0 Å². The first-order valence-electron chi connectivity index (χ1n) is 5.07. The van der Waals surface area contributed by atoms with Gasteiger partial charge in [-0.3, -0.25) is 4.40 Å². The van der Waals surface area contributed by atoms with E-state index < -0.39 is 0 Å². The number of aryl methyl sites for hydroxylation is 1. The van der Waals surface area contributed by atoms with Crippen LogP contribution in [0.25, 0.3) is 11.5 Å². The molecule has 0 atom stereocenters. The van der Waals surface area contributed by atoms with Crippen molar-refractivity contribution in [1.82, 2.24) is 34.3 Å². The molecule has 2 N–H and O–H groups in total. The van der Waals surface area contributed by atoms with Crippen molar-refractivity contribution in [2.24, 2.45) is 5.73 Å². The van der Waals surface area contributed by atoms with E-state index in [0.717, 1.165) is 5.82 Å². The van der Waals surface area contributed by atoms with Crippen molar-refractivity contribution < 1.29 is 0 Å². The number of hydrogen-bond donors (Lipinski definition) is 1. The summed E-state index contributed by atoms with van der Waals surface area (Å²) in [5, 5.41) is 12.3. The SMILES string of the molecule is Cc1nnc2c(-n3cnc(CN)n3)nccn12. The highest BCUT2D eigenvalue weighted by atomic mass is 15.4. The highest BCUT2D eigenvalue weighted by Gasteiger charge is 2.10. The third-order valence-electron chi connectivity index (χ3n) is 2.42. The highest BCUT2D eigenvalue weighted by molar-refractivity contribution is 5.53. The molecule has 0 fully saturated rings. The van der Waals surface area contributed by atoms with E-state index in [2.05, 4.69) is 25.3 Å². The van der Waals surface area contributed by atoms with E-state index in [0.29, 0.717) is 23.8 Å². The largest absolute Gasteiger partial charge is 0.324 e. The van der Waals surface area contributed by atoms with E-state index in [1.807, 2.05) is 11.3 Å². The molecule has 0 unspecified atom stereocenters. The van der Waals surface area contributed by atoms with Crippen molar-refractivity contribution in [2.45, 2.75) is 13.5 Å². The Morgan fingerprint density at radius 3 is 2.94 bits per heavy atom. The zero-order valence-corrected chi connectivity index (χ0v) is 9.15. The van der Waals surface area contributed by atoms with Crippen LogP contribution in [0.5, 0.6) is 0 Å². The van der Waals surface area contributed by atoms with Gasteiger partial charge in [-0.25, -0.2) is 9.97 Å². The first-order chi connectivity index (χ1) is 8.29. The lowest BCUT2D eigenvalue weighted by molar-refractivity contribution is 0.805. The number of aromatic nitrogens is 7. The number of nitrogens with two attached hydrogens (primary N) is 1. The standard InChI is InChI=1S/C9H10N8/c1-6-13-14-9-8(11-2-3-16(6)9)17-5-12-7(4-10)15-17/h2-3,5H,4,10H2,1H3. The summed E-state index contributed by atoms with van der Waals surface area (Å²) in [6, 6.07) is 0. The Balaban J connectivity index is 2.23. The highest BCUT2D eigenvalue weighted by Crippen LogP contribution is 2.10. The Morgan fingerprint density at radius 1 is 1.29 bits per heavy atom. The predicted octanol–water partition coefficient (Wildman–Crippen LogP) is -0.528. The van der Waals surface area contributed by atoms with Crippen molar-refractivity contribution in [3.63, 3.8) is 0 Å². The van der Waals surface area contributed by atoms with E-state index in [1.54, 1.807) is 23.4 Å². The molecule has 3 aromatic rings. The molecule has 3 rings (SSSR count). The van der Waals surface area contributed by atoms with Gasteiger partial charge in [-0.15, -0.1) is 15.3 Å². The van der Waals surface area contributed by atoms with Gasteiger partial charge in [-0.1, -0.05) is 0 Å². The quantitative estimate of drug-likeness (QED) is 0.635. The molecule has 0 saturated carbocycles. The van der Waals surface area contributed by atoms with Crippen LogP contribution in [-0.2, 0) is 6.54 Å². The maximum absolute atomic E-state index is 5.47. The van der Waals surface area contributed by atoms with E-state index in [9.17, 15) is 0 Å². The molecule has 0 aliphatic rings. The van der Waals surface area contributed by atoms with Crippen LogP contribution in [0.3, 0.4) is 0 Å². The molecule has 8 nitrogen and oxygen atoms in total. The first kappa shape index (κ1) is 9.85. The molecule has 86 valence electrons. The second-order valence-electron chi connectivity index (χ2n) is 3.50. The van der Waals surface area contributed by atoms with Gasteiger partial charge in [0.15, 0.2) is 5.82 Å². The molecule has 17 heavy (non-hydrogen) atoms. The average molecular weight is 230 g/mol. The lowest BCUT2D eigenvalue weighted by Gasteiger charge is -2.00. The molecule has 0 radical (unpaired) electrons. The summed E-state index contributed by atoms with van der Waals surface area (Å²) in [4.78, 5) is 8.29. The monoisotopic (exact) mass is 230 g/mol. The zero-order chi connectivity index (χ0) is 11.8. The lowest BCUT2D eigenvalue weighted by atomic mass is 10.6. The second-order valence-corrected chi connectivity index (χ2v) is 3.50. The Morgan fingerprint density at radius 2 is 2.18 bits per heavy atom. The van der Waals surface area contributed by atoms with Crippen LogP contribution in [-0.4, -0.2) is 34.3 Å². The number of fused-ring (bicyclic) bond motifs is 1. The smallest absolute Gasteiger partial charge is 0.206 e. The van der Waals surface area contributed by atoms with Crippen molar-refractivity contribution >= 4 is 5.65 Å². The summed E-state index contributed by atoms with van der Waals surface area (Å²) in [5.41, 5.74) is 6.10. The van der Waals surface area contributed by atoms with Gasteiger partial charge < -0.3 is 5.73 Å². The van der Waals surface area contributed by atoms with Crippen LogP contribution in [0.1, 0.15) is 11.6 Å². The van der Waals surface area contributed by atoms with Crippen molar-refractivity contribution in [3.05, 3.63) is 30.4 Å². The first-order valence-corrected chi connectivity index (χ1v) is 5.07. The summed E-state index contributed by atoms with van der Waals surface area (Å²) < 4.78 is 3.39. The Labute approximate surface area is 96.1 Å². The van der Waals surface area contributed by atoms with Gasteiger partial charge in [-0.2, -0.15) is 4.68 Å². The predicted molar refractivity (Wildman–Crippen MR) is 58.3 cm³/mol. The molecule has 0 spiro atoms. The molecule has 0 bridgehead atoms. The van der Waals surface area contributed by atoms with Crippen molar-refractivity contribution in [3.8, 4) is 5.82 Å². The molecule has 0 amide bonds. The number of rotatable bonds is 2. The molecule has 8 heteroatoms. The van der Waals surface area contributed by atoms with E-state index in [-0.39, 0.29) is 0 Å². The molecule has 0 aliphatic heterocycles. The fraction of sp³-hybridized carbons (Fsp3) is 0.222.